The Morgan fingerprint density at radius 1 is 0.727 bits per heavy atom. The average molecular weight is 511 g/mol. The second kappa shape index (κ2) is 9.82. The van der Waals surface area contributed by atoms with Crippen molar-refractivity contribution in [3.63, 3.8) is 0 Å². The van der Waals surface area contributed by atoms with Gasteiger partial charge in [0.15, 0.2) is 0 Å². The molecule has 2 aliphatic rings. The second-order valence-electron chi connectivity index (χ2n) is 10.2. The fourth-order valence-electron chi connectivity index (χ4n) is 5.58. The van der Waals surface area contributed by atoms with E-state index in [9.17, 15) is 9.46 Å². The number of benzene rings is 2. The zero-order chi connectivity index (χ0) is 23.7. The summed E-state index contributed by atoms with van der Waals surface area (Å²) in [5.74, 6) is 0.711. The van der Waals surface area contributed by atoms with E-state index in [2.05, 4.69) is 13.8 Å². The standard InChI is InChI=1S/C26H33Cl2O4P/c1-25(13-5-3-6-14-25)21-17-19(27)9-11-23(21)31-33(29,30)32-24-12-10-20(28)18-22(24)26(2)15-7-4-8-16-26/h9-12,17-18H,3-8,13-16H2,1-2H3,(H,29,30). The molecular formula is C26H33Cl2O4P. The van der Waals surface area contributed by atoms with E-state index in [1.54, 1.807) is 24.3 Å². The lowest BCUT2D eigenvalue weighted by Gasteiger charge is -2.36. The first-order valence-electron chi connectivity index (χ1n) is 11.9. The summed E-state index contributed by atoms with van der Waals surface area (Å²) in [7, 11) is -4.47. The molecule has 0 bridgehead atoms. The average Bonchev–Trinajstić information content (AvgIpc) is 2.77. The van der Waals surface area contributed by atoms with Crippen molar-refractivity contribution in [1.82, 2.24) is 0 Å². The minimum Gasteiger partial charge on any atom is -0.395 e. The summed E-state index contributed by atoms with van der Waals surface area (Å²) in [5.41, 5.74) is 1.42. The third-order valence-electron chi connectivity index (χ3n) is 7.53. The Balaban J connectivity index is 1.64. The number of hydrogen-bond donors (Lipinski definition) is 1. The maximum absolute atomic E-state index is 13.2. The van der Waals surface area contributed by atoms with E-state index in [4.69, 9.17) is 32.2 Å². The summed E-state index contributed by atoms with van der Waals surface area (Å²) in [5, 5.41) is 1.17. The number of hydrogen-bond acceptors (Lipinski definition) is 3. The van der Waals surface area contributed by atoms with Gasteiger partial charge >= 0.3 is 7.82 Å². The smallest absolute Gasteiger partial charge is 0.395 e. The molecule has 1 N–H and O–H groups in total. The van der Waals surface area contributed by atoms with Gasteiger partial charge in [-0.15, -0.1) is 0 Å². The van der Waals surface area contributed by atoms with Crippen LogP contribution in [0.15, 0.2) is 36.4 Å². The van der Waals surface area contributed by atoms with Gasteiger partial charge in [0.2, 0.25) is 0 Å². The minimum absolute atomic E-state index is 0.153. The molecule has 33 heavy (non-hydrogen) atoms. The van der Waals surface area contributed by atoms with Gasteiger partial charge in [0.25, 0.3) is 0 Å². The van der Waals surface area contributed by atoms with E-state index in [1.165, 1.54) is 12.8 Å². The Labute approximate surface area is 207 Å². The molecule has 0 amide bonds. The third-order valence-corrected chi connectivity index (χ3v) is 8.85. The number of phosphoric ester groups is 1. The number of phosphoric acid groups is 1. The van der Waals surface area contributed by atoms with Gasteiger partial charge < -0.3 is 9.05 Å². The second-order valence-corrected chi connectivity index (χ2v) is 12.3. The van der Waals surface area contributed by atoms with Crippen LogP contribution in [0.5, 0.6) is 11.5 Å². The maximum atomic E-state index is 13.2. The van der Waals surface area contributed by atoms with Gasteiger partial charge in [-0.25, -0.2) is 4.57 Å². The maximum Gasteiger partial charge on any atom is 0.584 e. The van der Waals surface area contributed by atoms with Crippen LogP contribution in [0.3, 0.4) is 0 Å². The van der Waals surface area contributed by atoms with Gasteiger partial charge in [-0.2, -0.15) is 0 Å². The highest BCUT2D eigenvalue weighted by atomic mass is 35.5. The summed E-state index contributed by atoms with van der Waals surface area (Å²) in [6, 6.07) is 10.4. The van der Waals surface area contributed by atoms with E-state index in [1.807, 2.05) is 12.1 Å². The van der Waals surface area contributed by atoms with E-state index in [0.29, 0.717) is 21.5 Å². The summed E-state index contributed by atoms with van der Waals surface area (Å²) in [6.45, 7) is 4.35. The third kappa shape index (κ3) is 5.73. The van der Waals surface area contributed by atoms with Crippen LogP contribution in [0.1, 0.15) is 89.2 Å². The predicted molar refractivity (Wildman–Crippen MR) is 135 cm³/mol. The van der Waals surface area contributed by atoms with Crippen LogP contribution in [0.4, 0.5) is 0 Å². The molecule has 0 radical (unpaired) electrons. The highest BCUT2D eigenvalue weighted by molar-refractivity contribution is 7.48. The monoisotopic (exact) mass is 510 g/mol. The minimum atomic E-state index is -4.47. The van der Waals surface area contributed by atoms with Gasteiger partial charge in [-0.05, 0) is 72.9 Å². The van der Waals surface area contributed by atoms with Crippen molar-refractivity contribution in [2.45, 2.75) is 88.9 Å². The summed E-state index contributed by atoms with van der Waals surface area (Å²) in [6.07, 6.45) is 10.8. The summed E-state index contributed by atoms with van der Waals surface area (Å²) in [4.78, 5) is 10.8. The van der Waals surface area contributed by atoms with Crippen LogP contribution in [-0.4, -0.2) is 4.89 Å². The summed E-state index contributed by atoms with van der Waals surface area (Å²) >= 11 is 12.6. The van der Waals surface area contributed by atoms with Crippen LogP contribution in [0, 0.1) is 0 Å². The lowest BCUT2D eigenvalue weighted by molar-refractivity contribution is 0.271. The van der Waals surface area contributed by atoms with E-state index in [0.717, 1.165) is 62.5 Å². The van der Waals surface area contributed by atoms with Crippen LogP contribution < -0.4 is 9.05 Å². The highest BCUT2D eigenvalue weighted by Crippen LogP contribution is 2.52. The van der Waals surface area contributed by atoms with Gasteiger partial charge in [-0.1, -0.05) is 75.6 Å². The molecule has 4 rings (SSSR count). The van der Waals surface area contributed by atoms with E-state index < -0.39 is 7.82 Å². The number of rotatable bonds is 6. The molecule has 0 atom stereocenters. The van der Waals surface area contributed by atoms with Gasteiger partial charge in [0, 0.05) is 21.2 Å². The first-order chi connectivity index (χ1) is 15.6. The lowest BCUT2D eigenvalue weighted by Crippen LogP contribution is -2.26. The molecule has 2 fully saturated rings. The Morgan fingerprint density at radius 2 is 1.09 bits per heavy atom. The molecular weight excluding hydrogens is 478 g/mol. The quantitative estimate of drug-likeness (QED) is 0.393. The molecule has 180 valence electrons. The van der Waals surface area contributed by atoms with Crippen LogP contribution in [0.25, 0.3) is 0 Å². The molecule has 7 heteroatoms. The molecule has 0 heterocycles. The van der Waals surface area contributed by atoms with Crippen molar-refractivity contribution in [2.24, 2.45) is 0 Å². The van der Waals surface area contributed by atoms with Crippen molar-refractivity contribution >= 4 is 31.0 Å². The molecule has 0 saturated heterocycles. The summed E-state index contributed by atoms with van der Waals surface area (Å²) < 4.78 is 24.7. The van der Waals surface area contributed by atoms with Crippen LogP contribution >= 0.6 is 31.0 Å². The van der Waals surface area contributed by atoms with E-state index in [-0.39, 0.29) is 10.8 Å². The van der Waals surface area contributed by atoms with Crippen LogP contribution in [-0.2, 0) is 15.4 Å². The molecule has 2 aromatic carbocycles. The van der Waals surface area contributed by atoms with Crippen molar-refractivity contribution in [3.8, 4) is 11.5 Å². The zero-order valence-electron chi connectivity index (χ0n) is 19.4. The Morgan fingerprint density at radius 3 is 1.45 bits per heavy atom. The number of halogens is 2. The van der Waals surface area contributed by atoms with Crippen molar-refractivity contribution in [3.05, 3.63) is 57.6 Å². The first kappa shape index (κ1) is 24.9. The molecule has 0 aliphatic heterocycles. The molecule has 0 aromatic heterocycles. The fraction of sp³-hybridized carbons (Fsp3) is 0.538. The first-order valence-corrected chi connectivity index (χ1v) is 14.2. The topological polar surface area (TPSA) is 55.8 Å². The molecule has 4 nitrogen and oxygen atoms in total. The Hall–Kier alpha value is -1.19. The van der Waals surface area contributed by atoms with Crippen molar-refractivity contribution < 1.29 is 18.5 Å². The molecule has 0 unspecified atom stereocenters. The van der Waals surface area contributed by atoms with E-state index >= 15 is 0 Å². The fourth-order valence-corrected chi connectivity index (χ4v) is 6.77. The zero-order valence-corrected chi connectivity index (χ0v) is 21.8. The van der Waals surface area contributed by atoms with Crippen molar-refractivity contribution in [2.75, 3.05) is 0 Å². The van der Waals surface area contributed by atoms with Gasteiger partial charge in [0.1, 0.15) is 11.5 Å². The molecule has 2 saturated carbocycles. The highest BCUT2D eigenvalue weighted by Gasteiger charge is 2.37. The van der Waals surface area contributed by atoms with Crippen molar-refractivity contribution in [1.29, 1.82) is 0 Å². The molecule has 2 aromatic rings. The SMILES string of the molecule is CC1(c2cc(Cl)ccc2OP(=O)(O)Oc2ccc(Cl)cc2C2(C)CCCCC2)CCCCC1. The van der Waals surface area contributed by atoms with Crippen LogP contribution in [0.2, 0.25) is 10.0 Å². The molecule has 2 aliphatic carbocycles. The Kier molecular flexibility index (Phi) is 7.41. The largest absolute Gasteiger partial charge is 0.584 e. The normalized spacial score (nSPS) is 20.3. The Bertz CT molecular complexity index is 963. The predicted octanol–water partition coefficient (Wildman–Crippen LogP) is 9.00. The van der Waals surface area contributed by atoms with Gasteiger partial charge in [0.05, 0.1) is 0 Å². The molecule has 0 spiro atoms. The lowest BCUT2D eigenvalue weighted by atomic mass is 9.71. The van der Waals surface area contributed by atoms with Gasteiger partial charge in [-0.3, -0.25) is 4.89 Å².